The first kappa shape index (κ1) is 64.6. The van der Waals surface area contributed by atoms with Crippen LogP contribution in [0.1, 0.15) is 63.4 Å². The van der Waals surface area contributed by atoms with Crippen LogP contribution in [0.25, 0.3) is 10.8 Å². The van der Waals surface area contributed by atoms with Crippen LogP contribution >= 0.6 is 0 Å². The van der Waals surface area contributed by atoms with Crippen LogP contribution in [0.4, 0.5) is 4.79 Å². The first-order chi connectivity index (χ1) is 39.0. The van der Waals surface area contributed by atoms with Gasteiger partial charge < -0.3 is 61.7 Å². The second-order valence-corrected chi connectivity index (χ2v) is 20.5. The number of H-pyrrole nitrogens is 1. The van der Waals surface area contributed by atoms with E-state index in [0.717, 1.165) is 16.3 Å². The Labute approximate surface area is 469 Å². The molecule has 5 amide bonds. The molecular formula is C52H73N11O19. The van der Waals surface area contributed by atoms with Crippen molar-refractivity contribution in [3.63, 3.8) is 0 Å². The summed E-state index contributed by atoms with van der Waals surface area (Å²) >= 11 is 0. The van der Waals surface area contributed by atoms with E-state index in [-0.39, 0.29) is 135 Å². The average molecular weight is 1160 g/mol. The van der Waals surface area contributed by atoms with E-state index in [9.17, 15) is 88.2 Å². The molecule has 1 aliphatic carbocycles. The quantitative estimate of drug-likeness (QED) is 0.0339. The lowest BCUT2D eigenvalue weighted by molar-refractivity contribution is -0.145. The highest BCUT2D eigenvalue weighted by Crippen LogP contribution is 2.29. The number of hydrogen-bond donors (Lipinski definition) is 12. The molecule has 30 heteroatoms. The molecule has 1 saturated heterocycles. The third kappa shape index (κ3) is 22.0. The molecule has 12 N–H and O–H groups in total. The highest BCUT2D eigenvalue weighted by Gasteiger charge is 2.33. The fourth-order valence-electron chi connectivity index (χ4n) is 9.93. The Hall–Kier alpha value is -8.22. The number of carbonyl (C=O) groups is 10. The number of carboxylic acids is 6. The Kier molecular flexibility index (Phi) is 25.4. The zero-order valence-electron chi connectivity index (χ0n) is 45.2. The molecule has 450 valence electrons. The summed E-state index contributed by atoms with van der Waals surface area (Å²) in [6, 6.07) is 6.66. The highest BCUT2D eigenvalue weighted by molar-refractivity contribution is 5.90. The summed E-state index contributed by atoms with van der Waals surface area (Å²) in [6.07, 6.45) is 2.14. The third-order valence-electron chi connectivity index (χ3n) is 14.4. The number of amides is 5. The van der Waals surface area contributed by atoms with Gasteiger partial charge in [-0.15, -0.1) is 4.74 Å². The summed E-state index contributed by atoms with van der Waals surface area (Å²) in [7, 11) is 0. The van der Waals surface area contributed by atoms with Gasteiger partial charge in [-0.3, -0.25) is 53.2 Å². The number of hydrogen-bond acceptors (Lipinski definition) is 17. The van der Waals surface area contributed by atoms with Gasteiger partial charge in [0.25, 0.3) is 0 Å². The van der Waals surface area contributed by atoms with Gasteiger partial charge in [-0.2, -0.15) is 0 Å². The van der Waals surface area contributed by atoms with Crippen molar-refractivity contribution < 1.29 is 83.1 Å². The fourth-order valence-corrected chi connectivity index (χ4v) is 9.93. The lowest BCUT2D eigenvalue weighted by Gasteiger charge is -2.35. The van der Waals surface area contributed by atoms with Crippen molar-refractivity contribution >= 4 is 70.3 Å². The minimum absolute atomic E-state index is 0.0125. The number of unbranched alkanes of at least 4 members (excludes halogenated alkanes) is 1. The largest absolute Gasteiger partial charge is 0.480 e. The Morgan fingerprint density at radius 2 is 1.17 bits per heavy atom. The Morgan fingerprint density at radius 3 is 1.71 bits per heavy atom. The number of nitrogens with one attached hydrogen (secondary N) is 6. The molecule has 0 radical (unpaired) electrons. The van der Waals surface area contributed by atoms with Crippen molar-refractivity contribution in [1.82, 2.24) is 55.9 Å². The number of carbonyl (C=O) groups excluding carboxylic acids is 4. The van der Waals surface area contributed by atoms with Gasteiger partial charge in [0.1, 0.15) is 24.2 Å². The van der Waals surface area contributed by atoms with Crippen molar-refractivity contribution in [2.24, 2.45) is 11.8 Å². The van der Waals surface area contributed by atoms with Crippen LogP contribution in [0.15, 0.2) is 56.6 Å². The predicted molar refractivity (Wildman–Crippen MR) is 287 cm³/mol. The smallest absolute Gasteiger partial charge is 0.440 e. The molecule has 1 aromatic heterocycles. The number of nitrogens with zero attached hydrogens (tertiary/aromatic N) is 5. The first-order valence-corrected chi connectivity index (χ1v) is 27.0. The molecule has 1 saturated carbocycles. The van der Waals surface area contributed by atoms with Crippen LogP contribution in [0.2, 0.25) is 0 Å². The summed E-state index contributed by atoms with van der Waals surface area (Å²) in [4.78, 5) is 156. The van der Waals surface area contributed by atoms with Crippen molar-refractivity contribution in [3.8, 4) is 0 Å². The van der Waals surface area contributed by atoms with Crippen molar-refractivity contribution in [1.29, 1.82) is 0 Å². The van der Waals surface area contributed by atoms with Gasteiger partial charge in [0, 0.05) is 84.2 Å². The molecule has 5 rings (SSSR count). The monoisotopic (exact) mass is 1160 g/mol. The van der Waals surface area contributed by atoms with E-state index in [1.807, 2.05) is 47.8 Å². The first-order valence-electron chi connectivity index (χ1n) is 27.0. The summed E-state index contributed by atoms with van der Waals surface area (Å²) in [5, 5.41) is 73.0. The number of urea groups is 1. The maximum absolute atomic E-state index is 13.9. The molecule has 3 aromatic rings. The van der Waals surface area contributed by atoms with E-state index in [1.54, 1.807) is 24.6 Å². The molecule has 30 nitrogen and oxygen atoms in total. The van der Waals surface area contributed by atoms with E-state index in [4.69, 9.17) is 0 Å². The molecule has 1 aliphatic heterocycles. The third-order valence-corrected chi connectivity index (χ3v) is 14.4. The summed E-state index contributed by atoms with van der Waals surface area (Å²) in [5.74, 6) is -10.5. The van der Waals surface area contributed by atoms with Gasteiger partial charge in [-0.05, 0) is 73.6 Å². The zero-order valence-corrected chi connectivity index (χ0v) is 45.2. The van der Waals surface area contributed by atoms with E-state index < -0.39 is 102 Å². The molecule has 0 bridgehead atoms. The zero-order chi connectivity index (χ0) is 59.9. The van der Waals surface area contributed by atoms with Gasteiger partial charge in [-0.25, -0.2) is 29.0 Å². The number of benzene rings is 2. The van der Waals surface area contributed by atoms with Crippen LogP contribution in [0.3, 0.4) is 0 Å². The van der Waals surface area contributed by atoms with E-state index >= 15 is 0 Å². The Bertz CT molecular complexity index is 2800. The lowest BCUT2D eigenvalue weighted by Crippen LogP contribution is -2.52. The van der Waals surface area contributed by atoms with Crippen LogP contribution in [-0.4, -0.2) is 229 Å². The van der Waals surface area contributed by atoms with Gasteiger partial charge in [0.05, 0.1) is 26.2 Å². The Morgan fingerprint density at radius 1 is 0.610 bits per heavy atom. The van der Waals surface area contributed by atoms with Crippen LogP contribution in [0, 0.1) is 11.8 Å². The van der Waals surface area contributed by atoms with E-state index in [0.29, 0.717) is 30.4 Å². The van der Waals surface area contributed by atoms with Crippen molar-refractivity contribution in [2.75, 3.05) is 85.1 Å². The molecule has 2 aromatic carbocycles. The summed E-state index contributed by atoms with van der Waals surface area (Å²) in [6.45, 7) is -0.608. The predicted octanol–water partition coefficient (Wildman–Crippen LogP) is -1.87. The minimum atomic E-state index is -1.78. The van der Waals surface area contributed by atoms with Gasteiger partial charge in [-0.1, -0.05) is 42.5 Å². The van der Waals surface area contributed by atoms with Crippen LogP contribution < -0.4 is 38.0 Å². The van der Waals surface area contributed by atoms with Gasteiger partial charge in [0.2, 0.25) is 17.7 Å². The molecule has 2 aliphatic rings. The van der Waals surface area contributed by atoms with E-state index in [1.165, 1.54) is 0 Å². The highest BCUT2D eigenvalue weighted by atomic mass is 16.5. The number of aromatic nitrogens is 2. The SMILES string of the molecule is O=C(O)CN1CCN(CC(=O)O)CCN(C(CCC(=O)NCC2CCC(C(=O)NC(Cc3ccc4ccccc4c3)C(=O)NCCCC[C@H](NC(=O)N[C@@H](Cn3oc(=O)[nH]c3=O)C(=O)O)C(=O)O)CC2)C(=O)O)CCN(CC(=O)O)CC1. The van der Waals surface area contributed by atoms with Crippen LogP contribution in [-0.2, 0) is 56.1 Å². The summed E-state index contributed by atoms with van der Waals surface area (Å²) < 4.78 is 4.92. The summed E-state index contributed by atoms with van der Waals surface area (Å²) in [5.41, 5.74) is -0.290. The van der Waals surface area contributed by atoms with Gasteiger partial charge in [0.15, 0.2) is 0 Å². The maximum Gasteiger partial charge on any atom is 0.440 e. The average Bonchev–Trinajstić information content (AvgIpc) is 3.76. The second kappa shape index (κ2) is 32.3. The topological polar surface area (TPSA) is 433 Å². The lowest BCUT2D eigenvalue weighted by atomic mass is 9.81. The number of aromatic amines is 1. The number of carboxylic acid groups (broad SMARTS) is 6. The molecule has 2 fully saturated rings. The fraction of sp³-hybridized carbons (Fsp3) is 0.577. The number of rotatable bonds is 29. The van der Waals surface area contributed by atoms with Crippen molar-refractivity contribution in [2.45, 2.75) is 94.9 Å². The van der Waals surface area contributed by atoms with E-state index in [2.05, 4.69) is 25.8 Å². The normalized spacial score (nSPS) is 18.5. The molecule has 4 atom stereocenters. The maximum atomic E-state index is 13.9. The molecule has 2 unspecified atom stereocenters. The molecular weight excluding hydrogens is 1080 g/mol. The molecule has 2 heterocycles. The Balaban J connectivity index is 1.12. The minimum Gasteiger partial charge on any atom is -0.480 e. The van der Waals surface area contributed by atoms with Crippen LogP contribution in [0.5, 0.6) is 0 Å². The molecule has 82 heavy (non-hydrogen) atoms. The number of fused-ring (bicyclic) bond motifs is 1. The standard InChI is InChI=1S/C52H73N11O19/c64-41(15-14-40(49(77)78)62-23-21-60(30-43(67)68)19-17-59(29-42(65)66)18-20-61(22-24-62)31-44(69)70)54-27-32-8-12-35(13-9-32)45(71)55-38(26-33-10-11-34-5-1-2-6-36(34)25-33)46(72)53-16-4-3-7-37(47(73)74)56-50(79)57-39(48(75)76)28-63-51(80)58-52(81)82-63/h1-2,5-6,10-11,25,32,35,37-40H,3-4,7-9,12-24,26-31H2,(H,53,72)(H,54,64)(H,55,71)(H,65,66)(H,67,68)(H,69,70)(H,73,74)(H,75,76)(H,77,78)(H2,56,57,79)(H,58,80,81)/t32?,35?,37-,38?,39-,40?/m0/s1. The second-order valence-electron chi connectivity index (χ2n) is 20.5. The van der Waals surface area contributed by atoms with Crippen molar-refractivity contribution in [3.05, 3.63) is 69.1 Å². The molecule has 0 spiro atoms. The number of aliphatic carboxylic acids is 6. The van der Waals surface area contributed by atoms with Gasteiger partial charge >= 0.3 is 53.3 Å².